The number of benzene rings is 2. The van der Waals surface area contributed by atoms with E-state index in [1.54, 1.807) is 22.8 Å². The van der Waals surface area contributed by atoms with Gasteiger partial charge < -0.3 is 5.73 Å². The van der Waals surface area contributed by atoms with Gasteiger partial charge in [0.15, 0.2) is 0 Å². The predicted molar refractivity (Wildman–Crippen MR) is 75.5 cm³/mol. The Morgan fingerprint density at radius 3 is 2.68 bits per heavy atom. The lowest BCUT2D eigenvalue weighted by Gasteiger charge is -2.08. The average Bonchev–Trinajstić information content (AvgIpc) is 2.70. The Bertz CT molecular complexity index is 783. The van der Waals surface area contributed by atoms with Gasteiger partial charge in [0.2, 0.25) is 5.95 Å². The fourth-order valence-corrected chi connectivity index (χ4v) is 2.41. The molecule has 96 valence electrons. The number of nitrogens with zero attached hydrogens (tertiary/aromatic N) is 2. The van der Waals surface area contributed by atoms with Gasteiger partial charge in [-0.3, -0.25) is 4.57 Å². The summed E-state index contributed by atoms with van der Waals surface area (Å²) in [4.78, 5) is 4.19. The maximum absolute atomic E-state index is 13.4. The lowest BCUT2D eigenvalue weighted by Crippen LogP contribution is -2.01. The smallest absolute Gasteiger partial charge is 0.206 e. The van der Waals surface area contributed by atoms with E-state index in [9.17, 15) is 4.39 Å². The van der Waals surface area contributed by atoms with E-state index in [1.807, 2.05) is 0 Å². The fourth-order valence-electron chi connectivity index (χ4n) is 1.99. The molecule has 0 radical (unpaired) electrons. The Morgan fingerprint density at radius 1 is 1.11 bits per heavy atom. The van der Waals surface area contributed by atoms with Crippen LogP contribution < -0.4 is 5.73 Å². The molecule has 0 aliphatic carbocycles. The number of para-hydroxylation sites is 1. The van der Waals surface area contributed by atoms with Crippen molar-refractivity contribution < 1.29 is 4.39 Å². The van der Waals surface area contributed by atoms with Crippen LogP contribution in [0.15, 0.2) is 36.4 Å². The molecule has 0 unspecified atom stereocenters. The highest BCUT2D eigenvalue weighted by Gasteiger charge is 2.14. The molecule has 0 aliphatic heterocycles. The molecule has 0 fully saturated rings. The molecular formula is C13H8Cl2FN3. The maximum atomic E-state index is 13.4. The Hall–Kier alpha value is -1.78. The minimum Gasteiger partial charge on any atom is -0.369 e. The second kappa shape index (κ2) is 4.40. The van der Waals surface area contributed by atoms with E-state index in [2.05, 4.69) is 4.98 Å². The van der Waals surface area contributed by atoms with Gasteiger partial charge in [0.05, 0.1) is 21.2 Å². The third-order valence-electron chi connectivity index (χ3n) is 2.81. The second-order valence-electron chi connectivity index (χ2n) is 4.01. The number of nitrogen functional groups attached to an aromatic ring is 1. The SMILES string of the molecule is Nc1nc2c(Cl)cccc2n1-c1cc(F)ccc1Cl. The maximum Gasteiger partial charge on any atom is 0.206 e. The summed E-state index contributed by atoms with van der Waals surface area (Å²) < 4.78 is 15.0. The lowest BCUT2D eigenvalue weighted by molar-refractivity contribution is 0.627. The number of halogens is 3. The van der Waals surface area contributed by atoms with Crippen LogP contribution in [-0.2, 0) is 0 Å². The Labute approximate surface area is 118 Å². The van der Waals surface area contributed by atoms with Crippen molar-refractivity contribution in [3.63, 3.8) is 0 Å². The fraction of sp³-hybridized carbons (Fsp3) is 0. The zero-order valence-electron chi connectivity index (χ0n) is 9.57. The van der Waals surface area contributed by atoms with Gasteiger partial charge in [0.25, 0.3) is 0 Å². The zero-order valence-corrected chi connectivity index (χ0v) is 11.1. The van der Waals surface area contributed by atoms with Crippen molar-refractivity contribution in [2.45, 2.75) is 0 Å². The molecule has 0 aliphatic rings. The van der Waals surface area contributed by atoms with Crippen LogP contribution in [0.1, 0.15) is 0 Å². The number of anilines is 1. The summed E-state index contributed by atoms with van der Waals surface area (Å²) in [5.41, 5.74) is 7.56. The first-order valence-corrected chi connectivity index (χ1v) is 6.21. The normalized spacial score (nSPS) is 11.1. The highest BCUT2D eigenvalue weighted by Crippen LogP contribution is 2.31. The molecule has 0 bridgehead atoms. The molecule has 0 saturated carbocycles. The standard InChI is InChI=1S/C13H8Cl2FN3/c14-8-5-4-7(16)6-11(8)19-10-3-1-2-9(15)12(10)18-13(19)17/h1-6H,(H2,17,18). The molecule has 3 nitrogen and oxygen atoms in total. The van der Waals surface area contributed by atoms with Crippen molar-refractivity contribution in [1.82, 2.24) is 9.55 Å². The largest absolute Gasteiger partial charge is 0.369 e. The second-order valence-corrected chi connectivity index (χ2v) is 4.82. The summed E-state index contributed by atoms with van der Waals surface area (Å²) in [5.74, 6) is -0.196. The van der Waals surface area contributed by atoms with E-state index in [-0.39, 0.29) is 5.95 Å². The van der Waals surface area contributed by atoms with E-state index < -0.39 is 5.82 Å². The van der Waals surface area contributed by atoms with Crippen molar-refractivity contribution in [1.29, 1.82) is 0 Å². The monoisotopic (exact) mass is 295 g/mol. The van der Waals surface area contributed by atoms with E-state index in [0.717, 1.165) is 0 Å². The van der Waals surface area contributed by atoms with Gasteiger partial charge in [0.1, 0.15) is 11.3 Å². The van der Waals surface area contributed by atoms with Gasteiger partial charge >= 0.3 is 0 Å². The third kappa shape index (κ3) is 1.93. The molecule has 1 aromatic heterocycles. The van der Waals surface area contributed by atoms with Gasteiger partial charge in [-0.05, 0) is 30.3 Å². The van der Waals surface area contributed by atoms with Crippen molar-refractivity contribution >= 4 is 40.2 Å². The van der Waals surface area contributed by atoms with Crippen molar-refractivity contribution in [2.75, 3.05) is 5.73 Å². The molecule has 0 saturated heterocycles. The number of rotatable bonds is 1. The van der Waals surface area contributed by atoms with Gasteiger partial charge in [-0.15, -0.1) is 0 Å². The van der Waals surface area contributed by atoms with Gasteiger partial charge in [-0.25, -0.2) is 9.37 Å². The number of aromatic nitrogens is 2. The lowest BCUT2D eigenvalue weighted by atomic mass is 10.2. The van der Waals surface area contributed by atoms with Gasteiger partial charge in [-0.2, -0.15) is 0 Å². The zero-order chi connectivity index (χ0) is 13.6. The van der Waals surface area contributed by atoms with Crippen LogP contribution >= 0.6 is 23.2 Å². The Morgan fingerprint density at radius 2 is 1.89 bits per heavy atom. The van der Waals surface area contributed by atoms with Crippen molar-refractivity contribution in [3.8, 4) is 5.69 Å². The quantitative estimate of drug-likeness (QED) is 0.736. The molecule has 3 rings (SSSR count). The third-order valence-corrected chi connectivity index (χ3v) is 3.44. The summed E-state index contributed by atoms with van der Waals surface area (Å²) in [6.45, 7) is 0. The molecule has 19 heavy (non-hydrogen) atoms. The molecule has 6 heteroatoms. The number of fused-ring (bicyclic) bond motifs is 1. The minimum absolute atomic E-state index is 0.204. The van der Waals surface area contributed by atoms with Crippen LogP contribution in [0.4, 0.5) is 10.3 Å². The molecular weight excluding hydrogens is 288 g/mol. The summed E-state index contributed by atoms with van der Waals surface area (Å²) in [7, 11) is 0. The Balaban J connectivity index is 2.39. The number of hydrogen-bond donors (Lipinski definition) is 1. The first-order chi connectivity index (χ1) is 9.08. The topological polar surface area (TPSA) is 43.8 Å². The van der Waals surface area contributed by atoms with Crippen LogP contribution in [0, 0.1) is 5.82 Å². The van der Waals surface area contributed by atoms with Crippen LogP contribution in [0.3, 0.4) is 0 Å². The molecule has 2 aromatic carbocycles. The van der Waals surface area contributed by atoms with Crippen LogP contribution in [0.2, 0.25) is 10.0 Å². The van der Waals surface area contributed by atoms with Crippen molar-refractivity contribution in [3.05, 3.63) is 52.3 Å². The van der Waals surface area contributed by atoms with E-state index in [4.69, 9.17) is 28.9 Å². The van der Waals surface area contributed by atoms with E-state index in [0.29, 0.717) is 26.8 Å². The molecule has 0 amide bonds. The Kier molecular flexibility index (Phi) is 2.84. The van der Waals surface area contributed by atoms with Crippen molar-refractivity contribution in [2.24, 2.45) is 0 Å². The number of imidazole rings is 1. The molecule has 0 atom stereocenters. The van der Waals surface area contributed by atoms with Crippen LogP contribution in [-0.4, -0.2) is 9.55 Å². The molecule has 0 spiro atoms. The summed E-state index contributed by atoms with van der Waals surface area (Å²) in [6.07, 6.45) is 0. The average molecular weight is 296 g/mol. The van der Waals surface area contributed by atoms with E-state index in [1.165, 1.54) is 18.2 Å². The summed E-state index contributed by atoms with van der Waals surface area (Å²) in [5, 5.41) is 0.864. The van der Waals surface area contributed by atoms with Crippen LogP contribution in [0.5, 0.6) is 0 Å². The highest BCUT2D eigenvalue weighted by atomic mass is 35.5. The predicted octanol–water partition coefficient (Wildman–Crippen LogP) is 4.05. The summed E-state index contributed by atoms with van der Waals surface area (Å²) >= 11 is 12.2. The first kappa shape index (κ1) is 12.3. The highest BCUT2D eigenvalue weighted by molar-refractivity contribution is 6.35. The molecule has 2 N–H and O–H groups in total. The minimum atomic E-state index is -0.400. The van der Waals surface area contributed by atoms with Gasteiger partial charge in [-0.1, -0.05) is 29.3 Å². The van der Waals surface area contributed by atoms with E-state index >= 15 is 0 Å². The molecule has 3 aromatic rings. The first-order valence-electron chi connectivity index (χ1n) is 5.46. The number of hydrogen-bond acceptors (Lipinski definition) is 2. The summed E-state index contributed by atoms with van der Waals surface area (Å²) in [6, 6.07) is 9.35. The van der Waals surface area contributed by atoms with Gasteiger partial charge in [0, 0.05) is 0 Å². The molecule has 1 heterocycles. The number of nitrogens with two attached hydrogens (primary N) is 1. The van der Waals surface area contributed by atoms with Crippen LogP contribution in [0.25, 0.3) is 16.7 Å².